The van der Waals surface area contributed by atoms with Crippen molar-refractivity contribution in [1.29, 1.82) is 0 Å². The number of amides is 2. The molecule has 0 aliphatic carbocycles. The molecule has 5 nitrogen and oxygen atoms in total. The molecular formula is C21H22N2O3S2. The zero-order chi connectivity index (χ0) is 19.8. The van der Waals surface area contributed by atoms with Crippen molar-refractivity contribution in [1.82, 2.24) is 10.2 Å². The lowest BCUT2D eigenvalue weighted by Gasteiger charge is -2.22. The molecule has 2 heterocycles. The number of carbonyl (C=O) groups is 2. The zero-order valence-electron chi connectivity index (χ0n) is 15.6. The third kappa shape index (κ3) is 5.68. The Hall–Kier alpha value is -2.64. The van der Waals surface area contributed by atoms with Gasteiger partial charge in [0, 0.05) is 15.3 Å². The molecule has 0 saturated heterocycles. The average Bonchev–Trinajstić information content (AvgIpc) is 3.40. The Morgan fingerprint density at radius 3 is 2.07 bits per heavy atom. The van der Waals surface area contributed by atoms with E-state index >= 15 is 0 Å². The molecule has 0 aliphatic rings. The molecule has 0 aliphatic heterocycles. The SMILES string of the molecule is CCOc1ccc(C(=O)NCC(=O)N(Cc2cccs2)Cc2cccs2)cc1. The number of hydrogen-bond acceptors (Lipinski definition) is 5. The van der Waals surface area contributed by atoms with Gasteiger partial charge in [0.2, 0.25) is 5.91 Å². The highest BCUT2D eigenvalue weighted by atomic mass is 32.1. The zero-order valence-corrected chi connectivity index (χ0v) is 17.2. The Labute approximate surface area is 172 Å². The predicted octanol–water partition coefficient (Wildman–Crippen LogP) is 4.17. The molecule has 3 rings (SSSR count). The molecule has 28 heavy (non-hydrogen) atoms. The molecule has 1 aromatic carbocycles. The van der Waals surface area contributed by atoms with E-state index in [1.807, 2.05) is 41.9 Å². The molecular weight excluding hydrogens is 392 g/mol. The second kappa shape index (κ2) is 10.1. The van der Waals surface area contributed by atoms with Crippen molar-refractivity contribution < 1.29 is 14.3 Å². The maximum Gasteiger partial charge on any atom is 0.251 e. The smallest absolute Gasteiger partial charge is 0.251 e. The number of thiophene rings is 2. The van der Waals surface area contributed by atoms with E-state index in [2.05, 4.69) is 5.32 Å². The summed E-state index contributed by atoms with van der Waals surface area (Å²) in [5.41, 5.74) is 0.499. The van der Waals surface area contributed by atoms with Crippen molar-refractivity contribution in [2.45, 2.75) is 20.0 Å². The first kappa shape index (κ1) is 20.1. The minimum Gasteiger partial charge on any atom is -0.494 e. The van der Waals surface area contributed by atoms with Gasteiger partial charge in [-0.1, -0.05) is 12.1 Å². The van der Waals surface area contributed by atoms with Gasteiger partial charge in [-0.15, -0.1) is 22.7 Å². The molecule has 0 atom stereocenters. The van der Waals surface area contributed by atoms with Crippen molar-refractivity contribution in [2.24, 2.45) is 0 Å². The van der Waals surface area contributed by atoms with Gasteiger partial charge in [0.1, 0.15) is 5.75 Å². The first-order valence-electron chi connectivity index (χ1n) is 8.99. The van der Waals surface area contributed by atoms with Gasteiger partial charge in [-0.3, -0.25) is 9.59 Å². The lowest BCUT2D eigenvalue weighted by Crippen LogP contribution is -2.39. The average molecular weight is 415 g/mol. The molecule has 2 amide bonds. The summed E-state index contributed by atoms with van der Waals surface area (Å²) in [4.78, 5) is 29.1. The van der Waals surface area contributed by atoms with Gasteiger partial charge in [0.05, 0.1) is 26.2 Å². The number of rotatable bonds is 9. The van der Waals surface area contributed by atoms with Crippen LogP contribution in [0.4, 0.5) is 0 Å². The number of carbonyl (C=O) groups excluding carboxylic acids is 2. The molecule has 0 unspecified atom stereocenters. The van der Waals surface area contributed by atoms with Crippen LogP contribution in [0.25, 0.3) is 0 Å². The monoisotopic (exact) mass is 414 g/mol. The summed E-state index contributed by atoms with van der Waals surface area (Å²) in [6, 6.07) is 14.9. The number of ether oxygens (including phenoxy) is 1. The van der Waals surface area contributed by atoms with Crippen LogP contribution >= 0.6 is 22.7 Å². The lowest BCUT2D eigenvalue weighted by molar-refractivity contribution is -0.131. The summed E-state index contributed by atoms with van der Waals surface area (Å²) in [5, 5.41) is 6.72. The van der Waals surface area contributed by atoms with Crippen LogP contribution in [0.3, 0.4) is 0 Å². The van der Waals surface area contributed by atoms with Gasteiger partial charge in [-0.25, -0.2) is 0 Å². The van der Waals surface area contributed by atoms with Crippen LogP contribution < -0.4 is 10.1 Å². The Morgan fingerprint density at radius 1 is 0.964 bits per heavy atom. The van der Waals surface area contributed by atoms with Gasteiger partial charge in [0.15, 0.2) is 0 Å². The van der Waals surface area contributed by atoms with E-state index < -0.39 is 0 Å². The van der Waals surface area contributed by atoms with Crippen LogP contribution in [0.15, 0.2) is 59.3 Å². The van der Waals surface area contributed by atoms with Gasteiger partial charge in [0.25, 0.3) is 5.91 Å². The van der Waals surface area contributed by atoms with Crippen LogP contribution in [0.2, 0.25) is 0 Å². The maximum atomic E-state index is 12.8. The van der Waals surface area contributed by atoms with E-state index in [1.54, 1.807) is 51.8 Å². The predicted molar refractivity (Wildman–Crippen MR) is 113 cm³/mol. The maximum absolute atomic E-state index is 12.8. The van der Waals surface area contributed by atoms with Crippen molar-refractivity contribution in [3.8, 4) is 5.75 Å². The van der Waals surface area contributed by atoms with Gasteiger partial charge in [-0.05, 0) is 54.1 Å². The summed E-state index contributed by atoms with van der Waals surface area (Å²) in [6.45, 7) is 3.51. The molecule has 0 radical (unpaired) electrons. The highest BCUT2D eigenvalue weighted by Gasteiger charge is 2.17. The first-order chi connectivity index (χ1) is 13.7. The lowest BCUT2D eigenvalue weighted by atomic mass is 10.2. The second-order valence-electron chi connectivity index (χ2n) is 6.05. The largest absolute Gasteiger partial charge is 0.494 e. The summed E-state index contributed by atoms with van der Waals surface area (Å²) in [5.74, 6) is 0.331. The normalized spacial score (nSPS) is 10.5. The van der Waals surface area contributed by atoms with E-state index in [-0.39, 0.29) is 18.4 Å². The van der Waals surface area contributed by atoms with Crippen molar-refractivity contribution in [3.05, 3.63) is 74.6 Å². The van der Waals surface area contributed by atoms with Crippen LogP contribution in [0.5, 0.6) is 5.75 Å². The highest BCUT2D eigenvalue weighted by molar-refractivity contribution is 7.10. The fourth-order valence-corrected chi connectivity index (χ4v) is 4.09. The van der Waals surface area contributed by atoms with Gasteiger partial charge < -0.3 is 15.0 Å². The molecule has 0 bridgehead atoms. The van der Waals surface area contributed by atoms with E-state index in [0.29, 0.717) is 31.0 Å². The summed E-state index contributed by atoms with van der Waals surface area (Å²) < 4.78 is 5.38. The third-order valence-electron chi connectivity index (χ3n) is 4.03. The molecule has 7 heteroatoms. The fourth-order valence-electron chi connectivity index (χ4n) is 2.65. The topological polar surface area (TPSA) is 58.6 Å². The number of benzene rings is 1. The van der Waals surface area contributed by atoms with E-state index in [1.165, 1.54) is 0 Å². The Bertz CT molecular complexity index is 839. The Morgan fingerprint density at radius 2 is 1.57 bits per heavy atom. The molecule has 2 aromatic heterocycles. The number of nitrogens with zero attached hydrogens (tertiary/aromatic N) is 1. The van der Waals surface area contributed by atoms with Crippen molar-refractivity contribution in [2.75, 3.05) is 13.2 Å². The minimum atomic E-state index is -0.274. The molecule has 3 aromatic rings. The van der Waals surface area contributed by atoms with Gasteiger partial charge in [-0.2, -0.15) is 0 Å². The molecule has 0 saturated carbocycles. The van der Waals surface area contributed by atoms with E-state index in [0.717, 1.165) is 9.75 Å². The molecule has 0 spiro atoms. The van der Waals surface area contributed by atoms with Crippen molar-refractivity contribution >= 4 is 34.5 Å². The van der Waals surface area contributed by atoms with Crippen LogP contribution in [0, 0.1) is 0 Å². The second-order valence-corrected chi connectivity index (χ2v) is 8.11. The molecule has 0 fully saturated rings. The summed E-state index contributed by atoms with van der Waals surface area (Å²) in [7, 11) is 0. The fraction of sp³-hybridized carbons (Fsp3) is 0.238. The summed E-state index contributed by atoms with van der Waals surface area (Å²) in [6.07, 6.45) is 0. The first-order valence-corrected chi connectivity index (χ1v) is 10.7. The van der Waals surface area contributed by atoms with E-state index in [4.69, 9.17) is 4.74 Å². The Kier molecular flexibility index (Phi) is 7.22. The standard InChI is InChI=1S/C21H22N2O3S2/c1-2-26-17-9-7-16(8-10-17)21(25)22-13-20(24)23(14-18-5-3-11-27-18)15-19-6-4-12-28-19/h3-12H,2,13-15H2,1H3,(H,22,25). The third-order valence-corrected chi connectivity index (χ3v) is 5.76. The number of nitrogens with one attached hydrogen (secondary N) is 1. The molecule has 146 valence electrons. The van der Waals surface area contributed by atoms with Gasteiger partial charge >= 0.3 is 0 Å². The Balaban J connectivity index is 1.59. The quantitative estimate of drug-likeness (QED) is 0.572. The van der Waals surface area contributed by atoms with Crippen LogP contribution in [-0.2, 0) is 17.9 Å². The molecule has 1 N–H and O–H groups in total. The number of hydrogen-bond donors (Lipinski definition) is 1. The summed E-state index contributed by atoms with van der Waals surface area (Å²) >= 11 is 3.24. The van der Waals surface area contributed by atoms with E-state index in [9.17, 15) is 9.59 Å². The highest BCUT2D eigenvalue weighted by Crippen LogP contribution is 2.17. The van der Waals surface area contributed by atoms with Crippen LogP contribution in [-0.4, -0.2) is 29.9 Å². The minimum absolute atomic E-state index is 0.0389. The van der Waals surface area contributed by atoms with Crippen molar-refractivity contribution in [3.63, 3.8) is 0 Å². The van der Waals surface area contributed by atoms with Crippen LogP contribution in [0.1, 0.15) is 27.0 Å².